The number of nitrogens with one attached hydrogen (secondary N) is 1. The van der Waals surface area contributed by atoms with Crippen LogP contribution in [0.3, 0.4) is 0 Å². The molecule has 23 heavy (non-hydrogen) atoms. The third-order valence-electron chi connectivity index (χ3n) is 4.58. The lowest BCUT2D eigenvalue weighted by atomic mass is 10.1. The Morgan fingerprint density at radius 3 is 2.65 bits per heavy atom. The van der Waals surface area contributed by atoms with Crippen LogP contribution in [-0.2, 0) is 0 Å². The van der Waals surface area contributed by atoms with Gasteiger partial charge in [0.25, 0.3) is 0 Å². The molecule has 2 N–H and O–H groups in total. The normalized spacial score (nSPS) is 22.1. The van der Waals surface area contributed by atoms with E-state index in [0.29, 0.717) is 23.8 Å². The van der Waals surface area contributed by atoms with Gasteiger partial charge in [-0.15, -0.1) is 0 Å². The maximum absolute atomic E-state index is 12.3. The van der Waals surface area contributed by atoms with Crippen LogP contribution in [0, 0.1) is 0 Å². The lowest BCUT2D eigenvalue weighted by Crippen LogP contribution is -2.44. The third-order valence-corrected chi connectivity index (χ3v) is 4.88. The number of hydrogen-bond acceptors (Lipinski definition) is 3. The fourth-order valence-corrected chi connectivity index (χ4v) is 3.62. The number of nitrogens with zero attached hydrogens (tertiary/aromatic N) is 2. The molecule has 0 saturated carbocycles. The number of aliphatic hydroxyl groups excluding tert-OH is 1. The number of rotatable bonds is 2. The number of piperidine rings is 2. The van der Waals surface area contributed by atoms with Crippen molar-refractivity contribution in [3.8, 4) is 0 Å². The summed E-state index contributed by atoms with van der Waals surface area (Å²) in [7, 11) is 0. The average Bonchev–Trinajstić information content (AvgIpc) is 2.56. The first kappa shape index (κ1) is 16.4. The highest BCUT2D eigenvalue weighted by Crippen LogP contribution is 2.31. The Hall–Kier alpha value is -1.46. The second-order valence-electron chi connectivity index (χ2n) is 6.39. The summed E-state index contributed by atoms with van der Waals surface area (Å²) in [5.41, 5.74) is 1.73. The van der Waals surface area contributed by atoms with Crippen molar-refractivity contribution in [2.45, 2.75) is 38.2 Å². The zero-order valence-corrected chi connectivity index (χ0v) is 14.1. The third kappa shape index (κ3) is 4.09. The van der Waals surface area contributed by atoms with Crippen LogP contribution in [0.2, 0.25) is 5.02 Å². The van der Waals surface area contributed by atoms with Gasteiger partial charge in [-0.2, -0.15) is 0 Å². The van der Waals surface area contributed by atoms with E-state index in [1.165, 1.54) is 19.3 Å². The van der Waals surface area contributed by atoms with Crippen molar-refractivity contribution in [2.24, 2.45) is 0 Å². The second-order valence-corrected chi connectivity index (χ2v) is 6.79. The molecule has 0 radical (unpaired) electrons. The Morgan fingerprint density at radius 2 is 1.96 bits per heavy atom. The van der Waals surface area contributed by atoms with Gasteiger partial charge in [0.1, 0.15) is 0 Å². The van der Waals surface area contributed by atoms with Crippen LogP contribution >= 0.6 is 11.6 Å². The summed E-state index contributed by atoms with van der Waals surface area (Å²) in [6.07, 6.45) is 4.87. The maximum Gasteiger partial charge on any atom is 0.321 e. The molecule has 1 aromatic carbocycles. The lowest BCUT2D eigenvalue weighted by molar-refractivity contribution is 0.0883. The highest BCUT2D eigenvalue weighted by atomic mass is 35.5. The molecule has 2 saturated heterocycles. The number of benzene rings is 1. The van der Waals surface area contributed by atoms with Gasteiger partial charge in [0.15, 0.2) is 0 Å². The van der Waals surface area contributed by atoms with Crippen LogP contribution in [0.5, 0.6) is 0 Å². The zero-order valence-electron chi connectivity index (χ0n) is 13.3. The molecule has 0 aromatic heterocycles. The van der Waals surface area contributed by atoms with E-state index in [0.717, 1.165) is 31.6 Å². The molecular formula is C17H24ClN3O2. The highest BCUT2D eigenvalue weighted by Gasteiger charge is 2.22. The van der Waals surface area contributed by atoms with Gasteiger partial charge in [-0.1, -0.05) is 11.6 Å². The number of hydrogen-bond donors (Lipinski definition) is 2. The first-order valence-corrected chi connectivity index (χ1v) is 8.80. The van der Waals surface area contributed by atoms with E-state index in [2.05, 4.69) is 10.2 Å². The van der Waals surface area contributed by atoms with Crippen molar-refractivity contribution in [1.29, 1.82) is 0 Å². The minimum atomic E-state index is -0.417. The Labute approximate surface area is 142 Å². The predicted octanol–water partition coefficient (Wildman–Crippen LogP) is 3.32. The number of aliphatic hydroxyl groups is 1. The number of carbonyl (C=O) groups is 1. The van der Waals surface area contributed by atoms with Crippen LogP contribution in [-0.4, -0.2) is 48.3 Å². The summed E-state index contributed by atoms with van der Waals surface area (Å²) < 4.78 is 0. The molecule has 0 bridgehead atoms. The van der Waals surface area contributed by atoms with Gasteiger partial charge in [0.2, 0.25) is 0 Å². The Kier molecular flexibility index (Phi) is 5.28. The largest absolute Gasteiger partial charge is 0.391 e. The molecule has 6 heteroatoms. The van der Waals surface area contributed by atoms with Crippen molar-refractivity contribution >= 4 is 29.0 Å². The quantitative estimate of drug-likeness (QED) is 0.870. The van der Waals surface area contributed by atoms with Crippen LogP contribution in [0.4, 0.5) is 16.2 Å². The standard InChI is InChI=1S/C17H24ClN3O2/c18-15-11-13(6-7-16(15)20-8-2-1-3-9-20)19-17(23)21-10-4-5-14(22)12-21/h6-7,11,14,22H,1-5,8-10,12H2,(H,19,23)/t14-/m1/s1. The monoisotopic (exact) mass is 337 g/mol. The maximum atomic E-state index is 12.3. The number of β-amino-alcohol motifs (C(OH)–C–C–N with tert-alkyl or cyclic N) is 1. The van der Waals surface area contributed by atoms with E-state index in [4.69, 9.17) is 11.6 Å². The second kappa shape index (κ2) is 7.41. The van der Waals surface area contributed by atoms with Gasteiger partial charge in [-0.05, 0) is 50.3 Å². The highest BCUT2D eigenvalue weighted by molar-refractivity contribution is 6.33. The van der Waals surface area contributed by atoms with Gasteiger partial charge in [0.05, 0.1) is 16.8 Å². The number of carbonyl (C=O) groups excluding carboxylic acids is 1. The number of likely N-dealkylation sites (tertiary alicyclic amines) is 1. The molecule has 1 atom stereocenters. The molecule has 5 nitrogen and oxygen atoms in total. The minimum Gasteiger partial charge on any atom is -0.391 e. The van der Waals surface area contributed by atoms with Gasteiger partial charge in [-0.3, -0.25) is 0 Å². The van der Waals surface area contributed by atoms with Crippen LogP contribution in [0.25, 0.3) is 0 Å². The smallest absolute Gasteiger partial charge is 0.321 e. The number of anilines is 2. The topological polar surface area (TPSA) is 55.8 Å². The SMILES string of the molecule is O=C(Nc1ccc(N2CCCCC2)c(Cl)c1)N1CCC[C@@H](O)C1. The summed E-state index contributed by atoms with van der Waals surface area (Å²) in [6, 6.07) is 5.51. The number of halogens is 1. The average molecular weight is 338 g/mol. The van der Waals surface area contributed by atoms with Crippen molar-refractivity contribution in [1.82, 2.24) is 4.90 Å². The van der Waals surface area contributed by atoms with Crippen LogP contribution < -0.4 is 10.2 Å². The Bertz CT molecular complexity index is 561. The van der Waals surface area contributed by atoms with Crippen molar-refractivity contribution in [3.63, 3.8) is 0 Å². The Balaban J connectivity index is 1.64. The van der Waals surface area contributed by atoms with Crippen LogP contribution in [0.1, 0.15) is 32.1 Å². The van der Waals surface area contributed by atoms with E-state index in [1.54, 1.807) is 4.90 Å². The Morgan fingerprint density at radius 1 is 1.17 bits per heavy atom. The molecular weight excluding hydrogens is 314 g/mol. The number of amides is 2. The zero-order chi connectivity index (χ0) is 16.2. The first-order chi connectivity index (χ1) is 11.1. The molecule has 3 rings (SSSR count). The summed E-state index contributed by atoms with van der Waals surface area (Å²) in [5.74, 6) is 0. The van der Waals surface area contributed by atoms with E-state index >= 15 is 0 Å². The molecule has 2 fully saturated rings. The van der Waals surface area contributed by atoms with E-state index in [9.17, 15) is 9.90 Å². The van der Waals surface area contributed by atoms with Gasteiger partial charge in [0, 0.05) is 31.9 Å². The fourth-order valence-electron chi connectivity index (χ4n) is 3.32. The van der Waals surface area contributed by atoms with Crippen molar-refractivity contribution < 1.29 is 9.90 Å². The summed E-state index contributed by atoms with van der Waals surface area (Å²) in [4.78, 5) is 16.2. The molecule has 2 aliphatic heterocycles. The molecule has 2 aliphatic rings. The van der Waals surface area contributed by atoms with Crippen LogP contribution in [0.15, 0.2) is 18.2 Å². The molecule has 0 unspecified atom stereocenters. The van der Waals surface area contributed by atoms with Gasteiger partial charge in [-0.25, -0.2) is 4.79 Å². The molecule has 0 aliphatic carbocycles. The first-order valence-electron chi connectivity index (χ1n) is 8.42. The van der Waals surface area contributed by atoms with Crippen molar-refractivity contribution in [3.05, 3.63) is 23.2 Å². The predicted molar refractivity (Wildman–Crippen MR) is 93.3 cm³/mol. The minimum absolute atomic E-state index is 0.175. The molecule has 2 heterocycles. The fraction of sp³-hybridized carbons (Fsp3) is 0.588. The van der Waals surface area contributed by atoms with Gasteiger partial charge >= 0.3 is 6.03 Å². The lowest BCUT2D eigenvalue weighted by Gasteiger charge is -2.31. The van der Waals surface area contributed by atoms with Crippen molar-refractivity contribution in [2.75, 3.05) is 36.4 Å². The molecule has 0 spiro atoms. The summed E-state index contributed by atoms with van der Waals surface area (Å²) in [6.45, 7) is 3.15. The molecule has 2 amide bonds. The number of urea groups is 1. The molecule has 1 aromatic rings. The summed E-state index contributed by atoms with van der Waals surface area (Å²) >= 11 is 6.41. The van der Waals surface area contributed by atoms with E-state index in [1.807, 2.05) is 18.2 Å². The van der Waals surface area contributed by atoms with E-state index < -0.39 is 6.10 Å². The summed E-state index contributed by atoms with van der Waals surface area (Å²) in [5, 5.41) is 13.2. The van der Waals surface area contributed by atoms with Gasteiger partial charge < -0.3 is 20.2 Å². The van der Waals surface area contributed by atoms with E-state index in [-0.39, 0.29) is 6.03 Å². The molecule has 126 valence electrons.